The molecule has 2 nitrogen and oxygen atoms in total. The minimum Gasteiger partial charge on any atom is -0.508 e. The first-order valence-corrected chi connectivity index (χ1v) is 9.93. The van der Waals surface area contributed by atoms with Crippen LogP contribution in [-0.2, 0) is 10.5 Å². The maximum Gasteiger partial charge on any atom is 0.119 e. The van der Waals surface area contributed by atoms with Crippen molar-refractivity contribution in [2.45, 2.75) is 45.1 Å². The molecule has 0 aliphatic carbocycles. The van der Waals surface area contributed by atoms with Gasteiger partial charge in [0.1, 0.15) is 11.5 Å². The van der Waals surface area contributed by atoms with Gasteiger partial charge in [0.15, 0.2) is 0 Å². The Kier molecular flexibility index (Phi) is 5.20. The zero-order chi connectivity index (χ0) is 17.1. The van der Waals surface area contributed by atoms with Crippen molar-refractivity contribution in [1.29, 1.82) is 0 Å². The fraction of sp³-hybridized carbons (Fsp3) is 0.400. The summed E-state index contributed by atoms with van der Waals surface area (Å²) in [4.78, 5) is 0. The first-order chi connectivity index (χ1) is 10.7. The Labute approximate surface area is 142 Å². The number of phenols is 1. The van der Waals surface area contributed by atoms with E-state index in [-0.39, 0.29) is 10.5 Å². The Balaban J connectivity index is 2.02. The largest absolute Gasteiger partial charge is 0.508 e. The summed E-state index contributed by atoms with van der Waals surface area (Å²) in [6, 6.07) is 16.2. The lowest BCUT2D eigenvalue weighted by Crippen LogP contribution is -2.30. The number of phenolic OH excluding ortho intramolecular Hbond substituents is 1. The number of ether oxygens (including phenoxy) is 1. The fourth-order valence-electron chi connectivity index (χ4n) is 2.66. The first kappa shape index (κ1) is 17.6. The average Bonchev–Trinajstić information content (AvgIpc) is 2.48. The van der Waals surface area contributed by atoms with Gasteiger partial charge in [-0.05, 0) is 34.2 Å². The van der Waals surface area contributed by atoms with Crippen LogP contribution in [0.15, 0.2) is 48.5 Å². The van der Waals surface area contributed by atoms with Gasteiger partial charge in [-0.2, -0.15) is 0 Å². The van der Waals surface area contributed by atoms with E-state index in [9.17, 15) is 5.11 Å². The molecule has 124 valence electrons. The maximum absolute atomic E-state index is 10.0. The van der Waals surface area contributed by atoms with E-state index in [1.807, 2.05) is 12.1 Å². The number of rotatable bonds is 5. The van der Waals surface area contributed by atoms with Crippen LogP contribution in [0.5, 0.6) is 11.5 Å². The lowest BCUT2D eigenvalue weighted by Gasteiger charge is -2.25. The summed E-state index contributed by atoms with van der Waals surface area (Å²) >= 11 is 0. The smallest absolute Gasteiger partial charge is 0.119 e. The van der Waals surface area contributed by atoms with Crippen molar-refractivity contribution in [2.75, 3.05) is 6.23 Å². The molecule has 0 spiro atoms. The third-order valence-electron chi connectivity index (χ3n) is 4.33. The second-order valence-corrected chi connectivity index (χ2v) is 10.5. The van der Waals surface area contributed by atoms with E-state index in [0.29, 0.717) is 5.75 Å². The normalized spacial score (nSPS) is 12.7. The molecular weight excluding hydrogens is 300 g/mol. The molecule has 3 heteroatoms. The molecule has 0 saturated carbocycles. The molecule has 0 unspecified atom stereocenters. The van der Waals surface area contributed by atoms with Gasteiger partial charge < -0.3 is 9.84 Å². The Morgan fingerprint density at radius 1 is 0.957 bits per heavy atom. The minimum atomic E-state index is -0.444. The Morgan fingerprint density at radius 2 is 1.61 bits per heavy atom. The zero-order valence-electron chi connectivity index (χ0n) is 14.9. The third kappa shape index (κ3) is 4.61. The third-order valence-corrected chi connectivity index (χ3v) is 6.39. The van der Waals surface area contributed by atoms with E-state index < -0.39 is 9.52 Å². The van der Waals surface area contributed by atoms with Crippen LogP contribution in [0.3, 0.4) is 0 Å². The van der Waals surface area contributed by atoms with Gasteiger partial charge >= 0.3 is 0 Å². The molecule has 23 heavy (non-hydrogen) atoms. The molecule has 0 atom stereocenters. The molecule has 0 amide bonds. The summed E-state index contributed by atoms with van der Waals surface area (Å²) in [7, 11) is -0.444. The Bertz CT molecular complexity index is 642. The van der Waals surface area contributed by atoms with Crippen LogP contribution < -0.4 is 4.74 Å². The van der Waals surface area contributed by atoms with Crippen molar-refractivity contribution in [3.05, 3.63) is 59.7 Å². The molecule has 0 aliphatic rings. The van der Waals surface area contributed by atoms with Crippen LogP contribution in [0.4, 0.5) is 0 Å². The molecular formula is C20H28O2Si. The molecule has 2 rings (SSSR count). The molecule has 0 radical (unpaired) electrons. The second kappa shape index (κ2) is 6.79. The van der Waals surface area contributed by atoms with E-state index in [4.69, 9.17) is 4.74 Å². The number of aromatic hydroxyl groups is 1. The SMILES string of the molecule is CC(C)(C)c1cc(OC[SiH2]C(C)(C)c2ccccc2)ccc1O. The summed E-state index contributed by atoms with van der Waals surface area (Å²) < 4.78 is 6.00. The van der Waals surface area contributed by atoms with Crippen LogP contribution in [0.1, 0.15) is 45.7 Å². The summed E-state index contributed by atoms with van der Waals surface area (Å²) in [5.41, 5.74) is 2.22. The summed E-state index contributed by atoms with van der Waals surface area (Å²) in [5.74, 6) is 1.19. The van der Waals surface area contributed by atoms with E-state index >= 15 is 0 Å². The molecule has 2 aromatic rings. The lowest BCUT2D eigenvalue weighted by molar-refractivity contribution is 0.375. The fourth-order valence-corrected chi connectivity index (χ4v) is 4.04. The minimum absolute atomic E-state index is 0.0931. The highest BCUT2D eigenvalue weighted by atomic mass is 28.2. The lowest BCUT2D eigenvalue weighted by atomic mass is 9.86. The van der Waals surface area contributed by atoms with Crippen molar-refractivity contribution < 1.29 is 9.84 Å². The predicted octanol–water partition coefficient (Wildman–Crippen LogP) is 4.13. The summed E-state index contributed by atoms with van der Waals surface area (Å²) in [5, 5.41) is 10.2. The molecule has 2 aromatic carbocycles. The monoisotopic (exact) mass is 328 g/mol. The van der Waals surface area contributed by atoms with Crippen LogP contribution in [-0.4, -0.2) is 20.9 Å². The van der Waals surface area contributed by atoms with Crippen molar-refractivity contribution in [1.82, 2.24) is 0 Å². The number of hydrogen-bond donors (Lipinski definition) is 1. The van der Waals surface area contributed by atoms with Gasteiger partial charge in [-0.1, -0.05) is 65.0 Å². The summed E-state index contributed by atoms with van der Waals surface area (Å²) in [6.45, 7) is 10.9. The van der Waals surface area contributed by atoms with Crippen molar-refractivity contribution in [3.8, 4) is 11.5 Å². The summed E-state index contributed by atoms with van der Waals surface area (Å²) in [6.07, 6.45) is 0.788. The molecule has 0 fully saturated rings. The Morgan fingerprint density at radius 3 is 2.22 bits per heavy atom. The van der Waals surface area contributed by atoms with Gasteiger partial charge in [-0.25, -0.2) is 0 Å². The molecule has 0 aromatic heterocycles. The van der Waals surface area contributed by atoms with E-state index in [0.717, 1.165) is 17.5 Å². The van der Waals surface area contributed by atoms with Gasteiger partial charge in [-0.15, -0.1) is 0 Å². The predicted molar refractivity (Wildman–Crippen MR) is 100 cm³/mol. The quantitative estimate of drug-likeness (QED) is 0.836. The van der Waals surface area contributed by atoms with Crippen molar-refractivity contribution >= 4 is 9.52 Å². The number of benzene rings is 2. The number of hydrogen-bond acceptors (Lipinski definition) is 2. The maximum atomic E-state index is 10.0. The average molecular weight is 329 g/mol. The van der Waals surface area contributed by atoms with Crippen molar-refractivity contribution in [2.24, 2.45) is 0 Å². The van der Waals surface area contributed by atoms with Gasteiger partial charge in [0, 0.05) is 5.56 Å². The van der Waals surface area contributed by atoms with Crippen LogP contribution in [0, 0.1) is 0 Å². The highest BCUT2D eigenvalue weighted by Crippen LogP contribution is 2.33. The standard InChI is InChI=1S/C20H28O2Si/c1-19(2,3)17-13-16(11-12-18(17)21)22-14-23-20(4,5)15-9-7-6-8-10-15/h6-13,21H,14,23H2,1-5H3. The molecule has 0 aliphatic heterocycles. The first-order valence-electron chi connectivity index (χ1n) is 8.22. The zero-order valence-corrected chi connectivity index (χ0v) is 16.3. The second-order valence-electron chi connectivity index (χ2n) is 7.78. The topological polar surface area (TPSA) is 29.5 Å². The Hall–Kier alpha value is -1.74. The van der Waals surface area contributed by atoms with E-state index in [1.54, 1.807) is 6.07 Å². The van der Waals surface area contributed by atoms with E-state index in [1.165, 1.54) is 5.56 Å². The van der Waals surface area contributed by atoms with Gasteiger partial charge in [-0.3, -0.25) is 0 Å². The van der Waals surface area contributed by atoms with Gasteiger partial charge in [0.05, 0.1) is 15.7 Å². The highest BCUT2D eigenvalue weighted by Gasteiger charge is 2.22. The molecule has 0 saturated heterocycles. The van der Waals surface area contributed by atoms with Crippen LogP contribution in [0.2, 0.25) is 0 Å². The molecule has 0 heterocycles. The van der Waals surface area contributed by atoms with Crippen molar-refractivity contribution in [3.63, 3.8) is 0 Å². The highest BCUT2D eigenvalue weighted by molar-refractivity contribution is 6.39. The van der Waals surface area contributed by atoms with Crippen LogP contribution >= 0.6 is 0 Å². The van der Waals surface area contributed by atoms with Crippen LogP contribution in [0.25, 0.3) is 0 Å². The van der Waals surface area contributed by atoms with E-state index in [2.05, 4.69) is 65.0 Å². The molecule has 1 N–H and O–H groups in total. The van der Waals surface area contributed by atoms with Gasteiger partial charge in [0.25, 0.3) is 0 Å². The molecule has 0 bridgehead atoms. The van der Waals surface area contributed by atoms with Gasteiger partial charge in [0.2, 0.25) is 0 Å².